The van der Waals surface area contributed by atoms with Crippen LogP contribution < -0.4 is 5.32 Å². The molecular formula is C21H24N5O4S+. The van der Waals surface area contributed by atoms with E-state index in [0.29, 0.717) is 11.4 Å². The van der Waals surface area contributed by atoms with E-state index in [4.69, 9.17) is 4.74 Å². The molecule has 10 heteroatoms. The Morgan fingerprint density at radius 1 is 1.32 bits per heavy atom. The predicted molar refractivity (Wildman–Crippen MR) is 118 cm³/mol. The standard InChI is InChI=1S/C21H23N5O4S/c1-15(2)19-20(31-18-8-4-7-17(10-18)25(28)29)26(13-24-19,14-30-21(27)22-3)12-16-6-5-9-23-11-16/h4-11,13,15H,12,14H2,1-3H3/p+1. The zero-order valence-electron chi connectivity index (χ0n) is 17.5. The van der Waals surface area contributed by atoms with Gasteiger partial charge in [0.15, 0.2) is 6.34 Å². The number of nitrogens with one attached hydrogen (secondary N) is 1. The van der Waals surface area contributed by atoms with Crippen LogP contribution in [0.4, 0.5) is 10.5 Å². The van der Waals surface area contributed by atoms with Crippen LogP contribution in [0.1, 0.15) is 19.4 Å². The molecule has 162 valence electrons. The van der Waals surface area contributed by atoms with Gasteiger partial charge in [-0.1, -0.05) is 26.0 Å². The number of thioether (sulfide) groups is 1. The molecule has 1 aliphatic rings. The molecule has 3 rings (SSSR count). The lowest BCUT2D eigenvalue weighted by molar-refractivity contribution is -0.819. The number of alkyl carbamates (subject to hydrolysis) is 1. The van der Waals surface area contributed by atoms with Crippen LogP contribution >= 0.6 is 11.8 Å². The van der Waals surface area contributed by atoms with Gasteiger partial charge in [-0.3, -0.25) is 15.1 Å². The fourth-order valence-electron chi connectivity index (χ4n) is 3.13. The fourth-order valence-corrected chi connectivity index (χ4v) is 4.42. The molecule has 0 saturated carbocycles. The van der Waals surface area contributed by atoms with Crippen molar-refractivity contribution in [2.45, 2.75) is 25.3 Å². The zero-order chi connectivity index (χ0) is 22.4. The van der Waals surface area contributed by atoms with Crippen LogP contribution in [0.2, 0.25) is 0 Å². The summed E-state index contributed by atoms with van der Waals surface area (Å²) < 4.78 is 5.60. The van der Waals surface area contributed by atoms with Crippen molar-refractivity contribution in [3.8, 4) is 0 Å². The quantitative estimate of drug-likeness (QED) is 0.371. The molecule has 0 aliphatic carbocycles. The van der Waals surface area contributed by atoms with Crippen molar-refractivity contribution in [2.24, 2.45) is 10.9 Å². The molecule has 1 aliphatic heterocycles. The Kier molecular flexibility index (Phi) is 7.03. The molecule has 1 aromatic carbocycles. The summed E-state index contributed by atoms with van der Waals surface area (Å²) >= 11 is 1.39. The van der Waals surface area contributed by atoms with E-state index in [1.165, 1.54) is 30.9 Å². The number of carbonyl (C=O) groups is 1. The van der Waals surface area contributed by atoms with Crippen molar-refractivity contribution in [3.05, 3.63) is 75.2 Å². The van der Waals surface area contributed by atoms with E-state index < -0.39 is 11.0 Å². The van der Waals surface area contributed by atoms with Gasteiger partial charge < -0.3 is 10.1 Å². The Hall–Kier alpha value is -3.24. The normalized spacial score (nSPS) is 17.8. The van der Waals surface area contributed by atoms with Gasteiger partial charge in [0.05, 0.1) is 4.92 Å². The first-order valence-electron chi connectivity index (χ1n) is 9.67. The van der Waals surface area contributed by atoms with Crippen LogP contribution in [0, 0.1) is 16.0 Å². The number of amides is 1. The molecule has 1 N–H and O–H groups in total. The third-order valence-electron chi connectivity index (χ3n) is 4.65. The number of nitrogens with zero attached hydrogens (tertiary/aromatic N) is 4. The van der Waals surface area contributed by atoms with Crippen molar-refractivity contribution < 1.29 is 18.9 Å². The molecule has 0 saturated heterocycles. The highest BCUT2D eigenvalue weighted by molar-refractivity contribution is 8.02. The highest BCUT2D eigenvalue weighted by atomic mass is 32.2. The van der Waals surface area contributed by atoms with Crippen LogP contribution in [0.5, 0.6) is 0 Å². The minimum absolute atomic E-state index is 0.0163. The van der Waals surface area contributed by atoms with Crippen LogP contribution in [0.25, 0.3) is 0 Å². The van der Waals surface area contributed by atoms with Gasteiger partial charge in [-0.2, -0.15) is 0 Å². The summed E-state index contributed by atoms with van der Waals surface area (Å²) in [6.45, 7) is 4.54. The molecule has 2 aromatic rings. The summed E-state index contributed by atoms with van der Waals surface area (Å²) in [4.78, 5) is 32.2. The SMILES string of the molecule is CNC(=O)OC[N+]1(Cc2cccnc2)C=NC(C(C)C)=C1Sc1cccc([N+](=O)[O-])c1. The number of hydrogen-bond donors (Lipinski definition) is 1. The number of allylic oxidation sites excluding steroid dienone is 1. The maximum atomic E-state index is 11.9. The number of nitro groups is 1. The fraction of sp³-hybridized carbons (Fsp3) is 0.286. The second kappa shape index (κ2) is 9.71. The lowest BCUT2D eigenvalue weighted by Crippen LogP contribution is -2.46. The third-order valence-corrected chi connectivity index (χ3v) is 5.90. The number of aromatic nitrogens is 1. The summed E-state index contributed by atoms with van der Waals surface area (Å²) in [5.74, 6) is 0.103. The maximum absolute atomic E-state index is 11.9. The zero-order valence-corrected chi connectivity index (χ0v) is 18.3. The topological polar surface area (TPSA) is 107 Å². The molecule has 1 unspecified atom stereocenters. The van der Waals surface area contributed by atoms with E-state index in [1.807, 2.05) is 32.0 Å². The van der Waals surface area contributed by atoms with Crippen molar-refractivity contribution in [2.75, 3.05) is 13.8 Å². The third kappa shape index (κ3) is 5.28. The number of quaternary nitrogens is 1. The van der Waals surface area contributed by atoms with E-state index in [9.17, 15) is 14.9 Å². The minimum Gasteiger partial charge on any atom is -0.398 e. The van der Waals surface area contributed by atoms with Gasteiger partial charge in [0.2, 0.25) is 11.8 Å². The number of hydrogen-bond acceptors (Lipinski definition) is 7. The Labute approximate surface area is 184 Å². The number of carbonyl (C=O) groups excluding carboxylic acids is 1. The Morgan fingerprint density at radius 2 is 2.13 bits per heavy atom. The number of ether oxygens (including phenoxy) is 1. The molecule has 31 heavy (non-hydrogen) atoms. The van der Waals surface area contributed by atoms with Gasteiger partial charge in [0, 0.05) is 48.0 Å². The minimum atomic E-state index is -0.546. The van der Waals surface area contributed by atoms with Crippen LogP contribution in [-0.4, -0.2) is 40.6 Å². The van der Waals surface area contributed by atoms with Gasteiger partial charge in [-0.15, -0.1) is 0 Å². The molecule has 0 bridgehead atoms. The van der Waals surface area contributed by atoms with Crippen LogP contribution in [0.15, 0.2) is 69.4 Å². The molecular weight excluding hydrogens is 418 g/mol. The van der Waals surface area contributed by atoms with Gasteiger partial charge in [-0.25, -0.2) is 14.3 Å². The monoisotopic (exact) mass is 442 g/mol. The van der Waals surface area contributed by atoms with Crippen LogP contribution in [0.3, 0.4) is 0 Å². The van der Waals surface area contributed by atoms with Gasteiger partial charge in [-0.05, 0) is 23.9 Å². The average molecular weight is 443 g/mol. The van der Waals surface area contributed by atoms with E-state index in [1.54, 1.807) is 24.8 Å². The number of non-ortho nitro benzene ring substituents is 1. The van der Waals surface area contributed by atoms with Gasteiger partial charge in [0.25, 0.3) is 5.69 Å². The van der Waals surface area contributed by atoms with Gasteiger partial charge >= 0.3 is 6.09 Å². The van der Waals surface area contributed by atoms with E-state index >= 15 is 0 Å². The lowest BCUT2D eigenvalue weighted by atomic mass is 10.1. The first-order valence-corrected chi connectivity index (χ1v) is 10.5. The lowest BCUT2D eigenvalue weighted by Gasteiger charge is -2.31. The van der Waals surface area contributed by atoms with Crippen molar-refractivity contribution in [1.29, 1.82) is 0 Å². The van der Waals surface area contributed by atoms with E-state index in [0.717, 1.165) is 16.3 Å². The molecule has 0 spiro atoms. The summed E-state index contributed by atoms with van der Waals surface area (Å²) in [6, 6.07) is 10.3. The second-order valence-electron chi connectivity index (χ2n) is 7.31. The molecule has 2 heterocycles. The molecule has 0 radical (unpaired) electrons. The Balaban J connectivity index is 2.04. The maximum Gasteiger partial charge on any atom is 0.411 e. The van der Waals surface area contributed by atoms with Crippen molar-refractivity contribution in [1.82, 2.24) is 10.3 Å². The summed E-state index contributed by atoms with van der Waals surface area (Å²) in [6.07, 6.45) is 4.68. The molecule has 0 fully saturated rings. The highest BCUT2D eigenvalue weighted by Gasteiger charge is 2.42. The Morgan fingerprint density at radius 3 is 2.77 bits per heavy atom. The second-order valence-corrected chi connectivity index (χ2v) is 8.37. The highest BCUT2D eigenvalue weighted by Crippen LogP contribution is 2.43. The smallest absolute Gasteiger partial charge is 0.398 e. The van der Waals surface area contributed by atoms with Gasteiger partial charge in [0.1, 0.15) is 12.2 Å². The van der Waals surface area contributed by atoms with Crippen molar-refractivity contribution in [3.63, 3.8) is 0 Å². The number of aliphatic imine (C=N–C) groups is 1. The first-order chi connectivity index (χ1) is 14.8. The number of rotatable bonds is 8. The van der Waals surface area contributed by atoms with E-state index in [-0.39, 0.29) is 22.8 Å². The van der Waals surface area contributed by atoms with Crippen LogP contribution in [-0.2, 0) is 11.3 Å². The summed E-state index contributed by atoms with van der Waals surface area (Å²) in [7, 11) is 1.50. The van der Waals surface area contributed by atoms with Crippen molar-refractivity contribution >= 4 is 29.9 Å². The predicted octanol–water partition coefficient (Wildman–Crippen LogP) is 4.28. The molecule has 1 atom stereocenters. The first kappa shape index (κ1) is 22.4. The number of benzene rings is 1. The summed E-state index contributed by atoms with van der Waals surface area (Å²) in [5, 5.41) is 14.5. The number of nitro benzene ring substituents is 1. The summed E-state index contributed by atoms with van der Waals surface area (Å²) in [5.41, 5.74) is 1.81. The Bertz CT molecular complexity index is 1030. The molecule has 9 nitrogen and oxygen atoms in total. The number of pyridine rings is 1. The average Bonchev–Trinajstić information content (AvgIpc) is 3.11. The van der Waals surface area contributed by atoms with E-state index in [2.05, 4.69) is 15.3 Å². The largest absolute Gasteiger partial charge is 0.411 e. The molecule has 1 amide bonds. The molecule has 1 aromatic heterocycles.